The van der Waals surface area contributed by atoms with E-state index in [1.54, 1.807) is 13.0 Å². The molecule has 1 aliphatic rings. The highest BCUT2D eigenvalue weighted by molar-refractivity contribution is 7.91. The van der Waals surface area contributed by atoms with E-state index in [4.69, 9.17) is 11.6 Å². The number of carbonyl (C=O) groups is 1. The average Bonchev–Trinajstić information content (AvgIpc) is 3.03. The second kappa shape index (κ2) is 6.46. The van der Waals surface area contributed by atoms with E-state index in [2.05, 4.69) is 10.3 Å². The van der Waals surface area contributed by atoms with E-state index in [9.17, 15) is 13.2 Å². The Kier molecular flexibility index (Phi) is 4.68. The summed E-state index contributed by atoms with van der Waals surface area (Å²) in [5.74, 6) is -0.0896. The molecule has 128 valence electrons. The highest BCUT2D eigenvalue weighted by Gasteiger charge is 2.39. The number of amides is 1. The molecule has 1 aromatic carbocycles. The lowest BCUT2D eigenvalue weighted by Gasteiger charge is -2.23. The minimum atomic E-state index is -3.05. The van der Waals surface area contributed by atoms with E-state index in [0.29, 0.717) is 17.1 Å². The second-order valence-electron chi connectivity index (χ2n) is 6.28. The van der Waals surface area contributed by atoms with Crippen LogP contribution < -0.4 is 5.32 Å². The van der Waals surface area contributed by atoms with E-state index < -0.39 is 15.4 Å². The summed E-state index contributed by atoms with van der Waals surface area (Å²) < 4.78 is 23.2. The number of aromatic nitrogens is 1. The summed E-state index contributed by atoms with van der Waals surface area (Å²) in [4.78, 5) is 16.7. The van der Waals surface area contributed by atoms with Crippen molar-refractivity contribution in [3.63, 3.8) is 0 Å². The Labute approximate surface area is 150 Å². The van der Waals surface area contributed by atoms with E-state index in [0.717, 1.165) is 10.6 Å². The number of nitrogens with zero attached hydrogens (tertiary/aromatic N) is 1. The smallest absolute Gasteiger partial charge is 0.226 e. The lowest BCUT2D eigenvalue weighted by atomic mass is 10.0. The molecule has 8 heteroatoms. The molecule has 1 atom stereocenters. The molecule has 0 radical (unpaired) electrons. The van der Waals surface area contributed by atoms with E-state index >= 15 is 0 Å². The minimum Gasteiger partial charge on any atom is -0.350 e. The van der Waals surface area contributed by atoms with Gasteiger partial charge in [0.25, 0.3) is 0 Å². The fourth-order valence-electron chi connectivity index (χ4n) is 2.80. The lowest BCUT2D eigenvalue weighted by Crippen LogP contribution is -2.47. The molecule has 2 heterocycles. The summed E-state index contributed by atoms with van der Waals surface area (Å²) in [6, 6.07) is 7.39. The fourth-order valence-corrected chi connectivity index (χ4v) is 5.90. The van der Waals surface area contributed by atoms with E-state index in [1.165, 1.54) is 11.3 Å². The van der Waals surface area contributed by atoms with Crippen molar-refractivity contribution < 1.29 is 13.2 Å². The van der Waals surface area contributed by atoms with Gasteiger partial charge in [0.1, 0.15) is 5.01 Å². The quantitative estimate of drug-likeness (QED) is 0.879. The van der Waals surface area contributed by atoms with Gasteiger partial charge in [-0.25, -0.2) is 13.4 Å². The Morgan fingerprint density at radius 2 is 2.25 bits per heavy atom. The molecular weight excluding hydrogens is 368 g/mol. The minimum absolute atomic E-state index is 0.00340. The van der Waals surface area contributed by atoms with Gasteiger partial charge in [-0.1, -0.05) is 23.7 Å². The Balaban J connectivity index is 1.66. The van der Waals surface area contributed by atoms with Crippen molar-refractivity contribution in [2.45, 2.75) is 25.3 Å². The monoisotopic (exact) mass is 384 g/mol. The summed E-state index contributed by atoms with van der Waals surface area (Å²) in [5, 5.41) is 6.12. The third-order valence-electron chi connectivity index (χ3n) is 3.91. The second-order valence-corrected chi connectivity index (χ2v) is 9.76. The van der Waals surface area contributed by atoms with Crippen LogP contribution in [0.2, 0.25) is 5.02 Å². The van der Waals surface area contributed by atoms with Gasteiger partial charge in [-0.15, -0.1) is 11.3 Å². The Bertz CT molecular complexity index is 879. The van der Waals surface area contributed by atoms with Crippen LogP contribution in [0.4, 0.5) is 0 Å². The van der Waals surface area contributed by atoms with Crippen molar-refractivity contribution in [1.82, 2.24) is 10.3 Å². The summed E-state index contributed by atoms with van der Waals surface area (Å²) >= 11 is 7.43. The Morgan fingerprint density at radius 3 is 2.92 bits per heavy atom. The molecule has 1 aromatic heterocycles. The van der Waals surface area contributed by atoms with Crippen molar-refractivity contribution in [2.24, 2.45) is 0 Å². The van der Waals surface area contributed by atoms with Crippen LogP contribution in [0, 0.1) is 0 Å². The third-order valence-corrected chi connectivity index (χ3v) is 6.99. The summed E-state index contributed by atoms with van der Waals surface area (Å²) in [6.45, 7) is 1.77. The highest BCUT2D eigenvalue weighted by Crippen LogP contribution is 2.27. The molecule has 2 aromatic rings. The fraction of sp³-hybridized carbons (Fsp3) is 0.375. The van der Waals surface area contributed by atoms with E-state index in [1.807, 2.05) is 23.6 Å². The molecule has 0 bridgehead atoms. The van der Waals surface area contributed by atoms with Crippen LogP contribution in [0.3, 0.4) is 0 Å². The number of thiazole rings is 1. The standard InChI is InChI=1S/C16H17ClN2O3S2/c1-16(5-6-24(21,22)10-16)19-14(20)8-13-9-23-15(18-13)11-3-2-4-12(17)7-11/h2-4,7,9H,5-6,8,10H2,1H3,(H,19,20). The van der Waals surface area contributed by atoms with E-state index in [-0.39, 0.29) is 23.8 Å². The highest BCUT2D eigenvalue weighted by atomic mass is 35.5. The number of rotatable bonds is 4. The molecule has 0 saturated carbocycles. The predicted octanol–water partition coefficient (Wildman–Crippen LogP) is 2.70. The Morgan fingerprint density at radius 1 is 1.46 bits per heavy atom. The van der Waals surface area contributed by atoms with Gasteiger partial charge in [-0.2, -0.15) is 0 Å². The van der Waals surface area contributed by atoms with Gasteiger partial charge in [-0.05, 0) is 25.5 Å². The molecule has 24 heavy (non-hydrogen) atoms. The van der Waals surface area contributed by atoms with Crippen LogP contribution in [-0.2, 0) is 21.1 Å². The molecule has 1 unspecified atom stereocenters. The van der Waals surface area contributed by atoms with Gasteiger partial charge in [0, 0.05) is 16.0 Å². The molecule has 1 N–H and O–H groups in total. The van der Waals surface area contributed by atoms with Gasteiger partial charge in [-0.3, -0.25) is 4.79 Å². The predicted molar refractivity (Wildman–Crippen MR) is 96.1 cm³/mol. The maximum absolute atomic E-state index is 12.2. The number of hydrogen-bond acceptors (Lipinski definition) is 5. The van der Waals surface area contributed by atoms with Crippen molar-refractivity contribution in [2.75, 3.05) is 11.5 Å². The van der Waals surface area contributed by atoms with Crippen LogP contribution in [-0.4, -0.2) is 36.4 Å². The largest absolute Gasteiger partial charge is 0.350 e. The lowest BCUT2D eigenvalue weighted by molar-refractivity contribution is -0.121. The van der Waals surface area contributed by atoms with Crippen LogP contribution in [0.15, 0.2) is 29.6 Å². The first kappa shape index (κ1) is 17.4. The number of hydrogen-bond donors (Lipinski definition) is 1. The third kappa shape index (κ3) is 4.15. The molecule has 0 spiro atoms. The van der Waals surface area contributed by atoms with Crippen LogP contribution >= 0.6 is 22.9 Å². The van der Waals surface area contributed by atoms with Crippen molar-refractivity contribution in [3.8, 4) is 10.6 Å². The van der Waals surface area contributed by atoms with Crippen LogP contribution in [0.1, 0.15) is 19.0 Å². The molecule has 1 amide bonds. The molecule has 0 aliphatic carbocycles. The topological polar surface area (TPSA) is 76.1 Å². The molecule has 1 saturated heterocycles. The molecule has 3 rings (SSSR count). The van der Waals surface area contributed by atoms with Crippen LogP contribution in [0.5, 0.6) is 0 Å². The first-order valence-electron chi connectivity index (χ1n) is 7.47. The molecule has 1 aliphatic heterocycles. The first-order chi connectivity index (χ1) is 11.2. The van der Waals surface area contributed by atoms with Gasteiger partial charge in [0.05, 0.1) is 29.2 Å². The van der Waals surface area contributed by atoms with Gasteiger partial charge in [0.15, 0.2) is 9.84 Å². The number of nitrogens with one attached hydrogen (secondary N) is 1. The number of carbonyl (C=O) groups excluding carboxylic acids is 1. The summed E-state index contributed by atoms with van der Waals surface area (Å²) in [5.41, 5.74) is 0.895. The molecule has 5 nitrogen and oxygen atoms in total. The van der Waals surface area contributed by atoms with Crippen molar-refractivity contribution in [1.29, 1.82) is 0 Å². The Hall–Kier alpha value is -1.44. The van der Waals surface area contributed by atoms with Crippen molar-refractivity contribution in [3.05, 3.63) is 40.4 Å². The first-order valence-corrected chi connectivity index (χ1v) is 10.5. The molecular formula is C16H17ClN2O3S2. The average molecular weight is 385 g/mol. The van der Waals surface area contributed by atoms with Crippen LogP contribution in [0.25, 0.3) is 10.6 Å². The van der Waals surface area contributed by atoms with Gasteiger partial charge in [0.2, 0.25) is 5.91 Å². The number of sulfone groups is 1. The maximum Gasteiger partial charge on any atom is 0.226 e. The maximum atomic E-state index is 12.2. The summed E-state index contributed by atoms with van der Waals surface area (Å²) in [6.07, 6.45) is 0.582. The normalized spacial score (nSPS) is 22.4. The number of halogens is 1. The zero-order valence-electron chi connectivity index (χ0n) is 13.1. The summed E-state index contributed by atoms with van der Waals surface area (Å²) in [7, 11) is -3.05. The number of benzene rings is 1. The zero-order chi connectivity index (χ0) is 17.4. The van der Waals surface area contributed by atoms with Gasteiger partial charge < -0.3 is 5.32 Å². The zero-order valence-corrected chi connectivity index (χ0v) is 15.5. The van der Waals surface area contributed by atoms with Gasteiger partial charge >= 0.3 is 0 Å². The van der Waals surface area contributed by atoms with Crippen molar-refractivity contribution >= 4 is 38.7 Å². The molecule has 1 fully saturated rings. The SMILES string of the molecule is CC1(NC(=O)Cc2csc(-c3cccc(Cl)c3)n2)CCS(=O)(=O)C1.